The Kier molecular flexibility index (Phi) is 4.37. The first kappa shape index (κ1) is 15.9. The van der Waals surface area contributed by atoms with Crippen molar-refractivity contribution in [3.8, 4) is 0 Å². The molecule has 2 heterocycles. The average Bonchev–Trinajstić information content (AvgIpc) is 3.16. The molecule has 1 aromatic carbocycles. The smallest absolute Gasteiger partial charge is 0.270 e. The lowest BCUT2D eigenvalue weighted by Crippen LogP contribution is -2.30. The molecular formula is C16H16N4O4. The first-order chi connectivity index (χ1) is 11.6. The largest absolute Gasteiger partial charge is 0.274 e. The second kappa shape index (κ2) is 6.61. The minimum absolute atomic E-state index is 0.116. The Morgan fingerprint density at radius 3 is 2.50 bits per heavy atom. The number of fused-ring (bicyclic) bond motifs is 1. The maximum atomic E-state index is 12.3. The first-order valence-electron chi connectivity index (χ1n) is 7.70. The second-order valence-electron chi connectivity index (χ2n) is 5.58. The number of nitrogens with zero attached hydrogens (tertiary/aromatic N) is 4. The topological polar surface area (TPSA) is 98.3 Å². The maximum absolute atomic E-state index is 12.3. The molecule has 8 nitrogen and oxygen atoms in total. The molecule has 124 valence electrons. The van der Waals surface area contributed by atoms with Crippen molar-refractivity contribution in [3.05, 3.63) is 57.9 Å². The number of rotatable bonds is 7. The average molecular weight is 328 g/mol. The van der Waals surface area contributed by atoms with Gasteiger partial charge in [0, 0.05) is 37.6 Å². The van der Waals surface area contributed by atoms with Crippen LogP contribution < -0.4 is 0 Å². The SMILES string of the molecule is O=C1c2ccc([N+](=O)[O-])cc2C(=O)N1CCCCCn1cccn1. The Labute approximate surface area is 137 Å². The van der Waals surface area contributed by atoms with Gasteiger partial charge in [-0.3, -0.25) is 29.3 Å². The number of carbonyl (C=O) groups excluding carboxylic acids is 2. The molecule has 0 unspecified atom stereocenters. The summed E-state index contributed by atoms with van der Waals surface area (Å²) in [5, 5.41) is 14.9. The van der Waals surface area contributed by atoms with Gasteiger partial charge in [0.25, 0.3) is 17.5 Å². The fraction of sp³-hybridized carbons (Fsp3) is 0.312. The predicted octanol–water partition coefficient (Wildman–Crippen LogP) is 2.26. The zero-order valence-electron chi connectivity index (χ0n) is 12.9. The minimum atomic E-state index is -0.573. The number of aryl methyl sites for hydroxylation is 1. The second-order valence-corrected chi connectivity index (χ2v) is 5.58. The molecule has 0 saturated carbocycles. The zero-order valence-corrected chi connectivity index (χ0v) is 12.9. The van der Waals surface area contributed by atoms with E-state index >= 15 is 0 Å². The Balaban J connectivity index is 1.56. The van der Waals surface area contributed by atoms with Gasteiger partial charge in [-0.15, -0.1) is 0 Å². The molecular weight excluding hydrogens is 312 g/mol. The number of unbranched alkanes of at least 4 members (excludes halogenated alkanes) is 2. The van der Waals surface area contributed by atoms with E-state index in [2.05, 4.69) is 5.10 Å². The lowest BCUT2D eigenvalue weighted by Gasteiger charge is -2.13. The summed E-state index contributed by atoms with van der Waals surface area (Å²) in [4.78, 5) is 36.0. The molecule has 0 radical (unpaired) electrons. The van der Waals surface area contributed by atoms with E-state index in [1.807, 2.05) is 16.9 Å². The van der Waals surface area contributed by atoms with Crippen LogP contribution in [0.3, 0.4) is 0 Å². The summed E-state index contributed by atoms with van der Waals surface area (Å²) in [5.74, 6) is -0.831. The van der Waals surface area contributed by atoms with Crippen molar-refractivity contribution < 1.29 is 14.5 Å². The third-order valence-electron chi connectivity index (χ3n) is 3.99. The molecule has 0 saturated heterocycles. The van der Waals surface area contributed by atoms with Crippen LogP contribution in [0.25, 0.3) is 0 Å². The van der Waals surface area contributed by atoms with Crippen LogP contribution in [0.15, 0.2) is 36.7 Å². The van der Waals surface area contributed by atoms with E-state index in [-0.39, 0.29) is 22.7 Å². The van der Waals surface area contributed by atoms with Crippen LogP contribution in [0.4, 0.5) is 5.69 Å². The van der Waals surface area contributed by atoms with Gasteiger partial charge in [0.05, 0.1) is 16.1 Å². The van der Waals surface area contributed by atoms with Crippen molar-refractivity contribution in [2.24, 2.45) is 0 Å². The molecule has 1 aromatic heterocycles. The summed E-state index contributed by atoms with van der Waals surface area (Å²) < 4.78 is 1.83. The Hall–Kier alpha value is -3.03. The zero-order chi connectivity index (χ0) is 17.1. The van der Waals surface area contributed by atoms with Gasteiger partial charge < -0.3 is 0 Å². The standard InChI is InChI=1S/C16H16N4O4/c21-15-13-6-5-12(20(23)24)11-14(13)16(22)19(15)10-3-1-2-8-18-9-4-7-17-18/h4-7,9,11H,1-3,8,10H2. The molecule has 2 amide bonds. The quantitative estimate of drug-likeness (QED) is 0.336. The van der Waals surface area contributed by atoms with Crippen molar-refractivity contribution in [1.29, 1.82) is 0 Å². The van der Waals surface area contributed by atoms with Crippen LogP contribution in [0.5, 0.6) is 0 Å². The number of imide groups is 1. The number of amides is 2. The molecule has 1 aliphatic heterocycles. The van der Waals surface area contributed by atoms with Crippen LogP contribution >= 0.6 is 0 Å². The van der Waals surface area contributed by atoms with Crippen molar-refractivity contribution in [2.75, 3.05) is 6.54 Å². The van der Waals surface area contributed by atoms with Gasteiger partial charge in [-0.1, -0.05) is 0 Å². The number of hydrogen-bond donors (Lipinski definition) is 0. The number of hydrogen-bond acceptors (Lipinski definition) is 5. The fourth-order valence-electron chi connectivity index (χ4n) is 2.75. The molecule has 3 rings (SSSR count). The number of nitro benzene ring substituents is 1. The normalized spacial score (nSPS) is 13.4. The summed E-state index contributed by atoms with van der Waals surface area (Å²) in [6, 6.07) is 5.63. The summed E-state index contributed by atoms with van der Waals surface area (Å²) in [6.07, 6.45) is 6.05. The highest BCUT2D eigenvalue weighted by atomic mass is 16.6. The Bertz CT molecular complexity index is 785. The van der Waals surface area contributed by atoms with Crippen LogP contribution in [0, 0.1) is 10.1 Å². The van der Waals surface area contributed by atoms with Crippen LogP contribution in [-0.2, 0) is 6.54 Å². The third-order valence-corrected chi connectivity index (χ3v) is 3.99. The fourth-order valence-corrected chi connectivity index (χ4v) is 2.75. The molecule has 0 bridgehead atoms. The van der Waals surface area contributed by atoms with Gasteiger partial charge in [-0.25, -0.2) is 0 Å². The highest BCUT2D eigenvalue weighted by Gasteiger charge is 2.36. The third kappa shape index (κ3) is 3.03. The van der Waals surface area contributed by atoms with E-state index in [9.17, 15) is 19.7 Å². The van der Waals surface area contributed by atoms with Gasteiger partial charge in [0.15, 0.2) is 0 Å². The molecule has 2 aromatic rings. The number of carbonyl (C=O) groups is 2. The van der Waals surface area contributed by atoms with Crippen molar-refractivity contribution in [1.82, 2.24) is 14.7 Å². The number of aromatic nitrogens is 2. The van der Waals surface area contributed by atoms with Crippen molar-refractivity contribution >= 4 is 17.5 Å². The summed E-state index contributed by atoms with van der Waals surface area (Å²) >= 11 is 0. The monoisotopic (exact) mass is 328 g/mol. The highest BCUT2D eigenvalue weighted by molar-refractivity contribution is 6.21. The molecule has 8 heteroatoms. The van der Waals surface area contributed by atoms with Gasteiger partial charge >= 0.3 is 0 Å². The Morgan fingerprint density at radius 1 is 1.04 bits per heavy atom. The van der Waals surface area contributed by atoms with E-state index < -0.39 is 10.8 Å². The minimum Gasteiger partial charge on any atom is -0.274 e. The molecule has 24 heavy (non-hydrogen) atoms. The van der Waals surface area contributed by atoms with Crippen LogP contribution in [0.1, 0.15) is 40.0 Å². The molecule has 0 N–H and O–H groups in total. The molecule has 0 fully saturated rings. The maximum Gasteiger partial charge on any atom is 0.270 e. The van der Waals surface area contributed by atoms with Gasteiger partial charge in [0.1, 0.15) is 0 Å². The summed E-state index contributed by atoms with van der Waals surface area (Å²) in [7, 11) is 0. The van der Waals surface area contributed by atoms with E-state index in [4.69, 9.17) is 0 Å². The van der Waals surface area contributed by atoms with E-state index in [1.54, 1.807) is 6.20 Å². The molecule has 0 atom stereocenters. The highest BCUT2D eigenvalue weighted by Crippen LogP contribution is 2.27. The molecule has 0 aliphatic carbocycles. The molecule has 1 aliphatic rings. The van der Waals surface area contributed by atoms with Gasteiger partial charge in [-0.05, 0) is 31.4 Å². The number of nitro groups is 1. The van der Waals surface area contributed by atoms with Crippen LogP contribution in [-0.4, -0.2) is 38.0 Å². The van der Waals surface area contributed by atoms with Gasteiger partial charge in [0.2, 0.25) is 0 Å². The Morgan fingerprint density at radius 2 is 1.79 bits per heavy atom. The predicted molar refractivity (Wildman–Crippen MR) is 84.5 cm³/mol. The van der Waals surface area contributed by atoms with E-state index in [0.29, 0.717) is 13.0 Å². The lowest BCUT2D eigenvalue weighted by atomic mass is 10.1. The number of benzene rings is 1. The van der Waals surface area contributed by atoms with Crippen molar-refractivity contribution in [2.45, 2.75) is 25.8 Å². The van der Waals surface area contributed by atoms with Gasteiger partial charge in [-0.2, -0.15) is 5.10 Å². The number of non-ortho nitro benzene ring substituents is 1. The first-order valence-corrected chi connectivity index (χ1v) is 7.70. The van der Waals surface area contributed by atoms with Crippen LogP contribution in [0.2, 0.25) is 0 Å². The van der Waals surface area contributed by atoms with E-state index in [0.717, 1.165) is 19.4 Å². The summed E-state index contributed by atoms with van der Waals surface area (Å²) in [5.41, 5.74) is 0.170. The summed E-state index contributed by atoms with van der Waals surface area (Å²) in [6.45, 7) is 1.11. The lowest BCUT2D eigenvalue weighted by molar-refractivity contribution is -0.384. The van der Waals surface area contributed by atoms with Crippen molar-refractivity contribution in [3.63, 3.8) is 0 Å². The molecule has 0 spiro atoms. The van der Waals surface area contributed by atoms with E-state index in [1.165, 1.54) is 23.1 Å².